The van der Waals surface area contributed by atoms with Gasteiger partial charge in [0, 0.05) is 31.4 Å². The van der Waals surface area contributed by atoms with Gasteiger partial charge in [-0.15, -0.1) is 12.4 Å². The van der Waals surface area contributed by atoms with E-state index < -0.39 is 5.97 Å². The highest BCUT2D eigenvalue weighted by Gasteiger charge is 2.32. The Hall–Kier alpha value is -1.63. The lowest BCUT2D eigenvalue weighted by molar-refractivity contribution is -0.138. The fourth-order valence-corrected chi connectivity index (χ4v) is 4.20. The fourth-order valence-electron chi connectivity index (χ4n) is 4.20. The fraction of sp³-hybridized carbons (Fsp3) is 0.600. The van der Waals surface area contributed by atoms with E-state index in [-0.39, 0.29) is 36.9 Å². The largest absolute Gasteiger partial charge is 0.480 e. The summed E-state index contributed by atoms with van der Waals surface area (Å²) < 4.78 is 0. The summed E-state index contributed by atoms with van der Waals surface area (Å²) in [6.07, 6.45) is 3.85. The Kier molecular flexibility index (Phi) is 7.65. The van der Waals surface area contributed by atoms with Gasteiger partial charge < -0.3 is 10.0 Å². The summed E-state index contributed by atoms with van der Waals surface area (Å²) in [4.78, 5) is 30.1. The lowest BCUT2D eigenvalue weighted by Crippen LogP contribution is -2.53. The number of hydrogen-bond donors (Lipinski definition) is 1. The minimum absolute atomic E-state index is 0. The summed E-state index contributed by atoms with van der Waals surface area (Å²) in [6.45, 7) is 4.52. The summed E-state index contributed by atoms with van der Waals surface area (Å²) in [6, 6.07) is 8.33. The molecule has 2 aliphatic rings. The van der Waals surface area contributed by atoms with Crippen molar-refractivity contribution >= 4 is 30.0 Å². The van der Waals surface area contributed by atoms with E-state index in [9.17, 15) is 9.59 Å². The summed E-state index contributed by atoms with van der Waals surface area (Å²) in [5, 5.41) is 8.95. The maximum atomic E-state index is 13.1. The number of rotatable bonds is 5. The lowest BCUT2D eigenvalue weighted by atomic mass is 9.99. The highest BCUT2D eigenvalue weighted by Crippen LogP contribution is 2.28. The van der Waals surface area contributed by atoms with Crippen LogP contribution in [0.1, 0.15) is 31.7 Å². The minimum Gasteiger partial charge on any atom is -0.480 e. The highest BCUT2D eigenvalue weighted by atomic mass is 35.5. The quantitative estimate of drug-likeness (QED) is 0.828. The Balaban J connectivity index is 0.00000261. The van der Waals surface area contributed by atoms with E-state index >= 15 is 0 Å². The van der Waals surface area contributed by atoms with E-state index in [2.05, 4.69) is 11.0 Å². The molecule has 1 saturated heterocycles. The number of piperidine rings is 1. The summed E-state index contributed by atoms with van der Waals surface area (Å²) in [5.74, 6) is -0.614. The molecule has 6 nitrogen and oxygen atoms in total. The van der Waals surface area contributed by atoms with Gasteiger partial charge in [-0.25, -0.2) is 0 Å². The molecule has 1 unspecified atom stereocenters. The molecule has 0 radical (unpaired) electrons. The number of carboxylic acids is 1. The zero-order chi connectivity index (χ0) is 18.7. The molecule has 1 aromatic carbocycles. The van der Waals surface area contributed by atoms with Crippen molar-refractivity contribution in [3.8, 4) is 0 Å². The number of aryl methyl sites for hydroxylation is 1. The number of carbonyl (C=O) groups excluding carboxylic acids is 1. The molecule has 0 spiro atoms. The number of hydrogen-bond acceptors (Lipinski definition) is 4. The molecule has 2 aliphatic heterocycles. The van der Waals surface area contributed by atoms with Crippen molar-refractivity contribution in [2.24, 2.45) is 0 Å². The number of amides is 1. The van der Waals surface area contributed by atoms with Crippen LogP contribution < -0.4 is 4.90 Å². The average molecular weight is 396 g/mol. The molecule has 7 heteroatoms. The number of aliphatic carboxylic acids is 1. The first-order valence-electron chi connectivity index (χ1n) is 9.52. The maximum absolute atomic E-state index is 13.1. The minimum atomic E-state index is -0.790. The van der Waals surface area contributed by atoms with Gasteiger partial charge in [-0.2, -0.15) is 0 Å². The number of nitrogens with zero attached hydrogens (tertiary/aromatic N) is 3. The van der Waals surface area contributed by atoms with Gasteiger partial charge in [-0.1, -0.05) is 18.2 Å². The topological polar surface area (TPSA) is 64.1 Å². The number of benzene rings is 1. The van der Waals surface area contributed by atoms with Gasteiger partial charge in [-0.3, -0.25) is 19.4 Å². The third-order valence-electron chi connectivity index (χ3n) is 5.79. The van der Waals surface area contributed by atoms with Crippen LogP contribution in [0.15, 0.2) is 24.3 Å². The van der Waals surface area contributed by atoms with Crippen molar-refractivity contribution in [1.82, 2.24) is 9.80 Å². The second kappa shape index (κ2) is 9.53. The van der Waals surface area contributed by atoms with Gasteiger partial charge in [-0.05, 0) is 51.3 Å². The number of fused-ring (bicyclic) bond motifs is 1. The Bertz CT molecular complexity index is 662. The van der Waals surface area contributed by atoms with Gasteiger partial charge in [0.15, 0.2) is 0 Å². The number of halogens is 1. The van der Waals surface area contributed by atoms with E-state index in [1.54, 1.807) is 0 Å². The Morgan fingerprint density at radius 1 is 1.22 bits per heavy atom. The highest BCUT2D eigenvalue weighted by molar-refractivity contribution is 5.98. The molecule has 1 N–H and O–H groups in total. The first kappa shape index (κ1) is 21.7. The van der Waals surface area contributed by atoms with E-state index in [0.29, 0.717) is 0 Å². The van der Waals surface area contributed by atoms with Crippen LogP contribution in [0.25, 0.3) is 0 Å². The molecule has 3 rings (SSSR count). The first-order chi connectivity index (χ1) is 12.5. The van der Waals surface area contributed by atoms with E-state index in [1.807, 2.05) is 42.0 Å². The SMILES string of the molecule is CC(C(=O)N1CCCc2ccccc21)N1CCC(N(C)CC(=O)O)CC1.Cl. The molecule has 0 saturated carbocycles. The van der Waals surface area contributed by atoms with Gasteiger partial charge in [0.2, 0.25) is 5.91 Å². The van der Waals surface area contributed by atoms with E-state index in [1.165, 1.54) is 5.56 Å². The number of carbonyl (C=O) groups is 2. The molecular weight excluding hydrogens is 366 g/mol. The van der Waals surface area contributed by atoms with Crippen LogP contribution >= 0.6 is 12.4 Å². The summed E-state index contributed by atoms with van der Waals surface area (Å²) >= 11 is 0. The van der Waals surface area contributed by atoms with Gasteiger partial charge in [0.25, 0.3) is 0 Å². The van der Waals surface area contributed by atoms with Crippen LogP contribution in [-0.4, -0.2) is 72.1 Å². The number of likely N-dealkylation sites (N-methyl/N-ethyl adjacent to an activating group) is 1. The zero-order valence-electron chi connectivity index (χ0n) is 16.1. The van der Waals surface area contributed by atoms with E-state index in [4.69, 9.17) is 5.11 Å². The van der Waals surface area contributed by atoms with Crippen LogP contribution in [0.2, 0.25) is 0 Å². The third-order valence-corrected chi connectivity index (χ3v) is 5.79. The molecule has 0 aromatic heterocycles. The summed E-state index contributed by atoms with van der Waals surface area (Å²) in [7, 11) is 1.87. The molecule has 1 fully saturated rings. The van der Waals surface area contributed by atoms with Crippen molar-refractivity contribution in [2.75, 3.05) is 38.1 Å². The normalized spacial score (nSPS) is 19.3. The van der Waals surface area contributed by atoms with Crippen LogP contribution in [0.5, 0.6) is 0 Å². The molecule has 2 heterocycles. The van der Waals surface area contributed by atoms with Crippen LogP contribution in [0.4, 0.5) is 5.69 Å². The van der Waals surface area contributed by atoms with Crippen LogP contribution in [0, 0.1) is 0 Å². The third kappa shape index (κ3) is 5.00. The van der Waals surface area contributed by atoms with E-state index in [0.717, 1.165) is 51.0 Å². The van der Waals surface area contributed by atoms with Crippen LogP contribution in [0.3, 0.4) is 0 Å². The molecule has 1 atom stereocenters. The molecular formula is C20H30ClN3O3. The van der Waals surface area contributed by atoms with Gasteiger partial charge >= 0.3 is 5.97 Å². The number of likely N-dealkylation sites (tertiary alicyclic amines) is 1. The molecule has 0 bridgehead atoms. The monoisotopic (exact) mass is 395 g/mol. The second-order valence-electron chi connectivity index (χ2n) is 7.47. The first-order valence-corrected chi connectivity index (χ1v) is 9.52. The number of carboxylic acid groups (broad SMARTS) is 1. The molecule has 150 valence electrons. The lowest BCUT2D eigenvalue weighted by Gasteiger charge is -2.40. The Morgan fingerprint density at radius 3 is 2.56 bits per heavy atom. The predicted octanol–water partition coefficient (Wildman–Crippen LogP) is 2.26. The van der Waals surface area contributed by atoms with Crippen molar-refractivity contribution in [3.05, 3.63) is 29.8 Å². The van der Waals surface area contributed by atoms with Crippen molar-refractivity contribution in [1.29, 1.82) is 0 Å². The van der Waals surface area contributed by atoms with Gasteiger partial charge in [0.05, 0.1) is 12.6 Å². The predicted molar refractivity (Wildman–Crippen MR) is 109 cm³/mol. The molecule has 0 aliphatic carbocycles. The molecule has 1 aromatic rings. The van der Waals surface area contributed by atoms with Gasteiger partial charge in [0.1, 0.15) is 0 Å². The zero-order valence-corrected chi connectivity index (χ0v) is 17.0. The second-order valence-corrected chi connectivity index (χ2v) is 7.47. The van der Waals surface area contributed by atoms with Crippen LogP contribution in [-0.2, 0) is 16.0 Å². The summed E-state index contributed by atoms with van der Waals surface area (Å²) in [5.41, 5.74) is 2.32. The van der Waals surface area contributed by atoms with Crippen molar-refractivity contribution in [3.63, 3.8) is 0 Å². The van der Waals surface area contributed by atoms with Crippen molar-refractivity contribution in [2.45, 2.75) is 44.7 Å². The average Bonchev–Trinajstić information content (AvgIpc) is 2.66. The molecule has 27 heavy (non-hydrogen) atoms. The van der Waals surface area contributed by atoms with Crippen molar-refractivity contribution < 1.29 is 14.7 Å². The smallest absolute Gasteiger partial charge is 0.317 e. The number of anilines is 1. The maximum Gasteiger partial charge on any atom is 0.317 e. The molecule has 1 amide bonds. The number of para-hydroxylation sites is 1. The Morgan fingerprint density at radius 2 is 1.89 bits per heavy atom. The Labute approximate surface area is 167 Å². The standard InChI is InChI=1S/C20H29N3O3.ClH/c1-15(22-12-9-17(10-13-22)21(2)14-19(24)25)20(26)23-11-5-7-16-6-3-4-8-18(16)23;/h3-4,6,8,15,17H,5,7,9-14H2,1-2H3,(H,24,25);1H.